The first-order valence-electron chi connectivity index (χ1n) is 9.04. The zero-order chi connectivity index (χ0) is 17.9. The monoisotopic (exact) mass is 346 g/mol. The number of benzene rings is 1. The Labute approximate surface area is 153 Å². The standard InChI is InChI=1S/C21H22N4O/c1-15(26)17-7-4-6-16(12-17)13-23-19-8-5-9-20-18(19)14-24-25(20)21-10-2-3-11-22-21/h2-4,6-7,10-12,14,19,23H,5,8-9,13H2,1H3/t19-/m0/s1. The number of carbonyl (C=O) groups is 1. The molecule has 0 saturated heterocycles. The van der Waals surface area contributed by atoms with Gasteiger partial charge < -0.3 is 5.32 Å². The molecule has 4 rings (SSSR count). The molecule has 1 N–H and O–H groups in total. The number of nitrogens with zero attached hydrogens (tertiary/aromatic N) is 3. The Kier molecular flexibility index (Phi) is 4.63. The van der Waals surface area contributed by atoms with E-state index in [2.05, 4.69) is 21.5 Å². The Hall–Kier alpha value is -2.79. The van der Waals surface area contributed by atoms with E-state index in [9.17, 15) is 4.79 Å². The first-order valence-corrected chi connectivity index (χ1v) is 9.04. The molecule has 0 saturated carbocycles. The topological polar surface area (TPSA) is 59.8 Å². The lowest BCUT2D eigenvalue weighted by atomic mass is 9.92. The van der Waals surface area contributed by atoms with Crippen molar-refractivity contribution in [3.63, 3.8) is 0 Å². The molecule has 1 aromatic carbocycles. The highest BCUT2D eigenvalue weighted by Gasteiger charge is 2.24. The first-order chi connectivity index (χ1) is 12.7. The van der Waals surface area contributed by atoms with Gasteiger partial charge in [-0.2, -0.15) is 5.10 Å². The Morgan fingerprint density at radius 2 is 2.19 bits per heavy atom. The third kappa shape index (κ3) is 3.30. The van der Waals surface area contributed by atoms with E-state index in [1.807, 2.05) is 47.3 Å². The fraction of sp³-hybridized carbons (Fsp3) is 0.286. The third-order valence-electron chi connectivity index (χ3n) is 4.94. The van der Waals surface area contributed by atoms with Gasteiger partial charge in [0.2, 0.25) is 0 Å². The largest absolute Gasteiger partial charge is 0.306 e. The molecule has 1 aliphatic rings. The molecule has 0 aliphatic heterocycles. The molecule has 26 heavy (non-hydrogen) atoms. The maximum atomic E-state index is 11.6. The maximum Gasteiger partial charge on any atom is 0.159 e. The molecule has 1 atom stereocenters. The molecule has 5 nitrogen and oxygen atoms in total. The van der Waals surface area contributed by atoms with Gasteiger partial charge in [-0.1, -0.05) is 24.3 Å². The summed E-state index contributed by atoms with van der Waals surface area (Å²) in [6, 6.07) is 14.0. The van der Waals surface area contributed by atoms with Crippen molar-refractivity contribution in [2.45, 2.75) is 38.8 Å². The summed E-state index contributed by atoms with van der Waals surface area (Å²) in [5.41, 5.74) is 4.38. The van der Waals surface area contributed by atoms with Gasteiger partial charge in [0, 0.05) is 29.9 Å². The predicted molar refractivity (Wildman–Crippen MR) is 100 cm³/mol. The Bertz CT molecular complexity index is 917. The molecular weight excluding hydrogens is 324 g/mol. The van der Waals surface area contributed by atoms with Crippen molar-refractivity contribution in [2.75, 3.05) is 0 Å². The van der Waals surface area contributed by atoms with E-state index in [0.29, 0.717) is 0 Å². The molecule has 5 heteroatoms. The fourth-order valence-electron chi connectivity index (χ4n) is 3.59. The number of ketones is 1. The molecule has 0 bridgehead atoms. The van der Waals surface area contributed by atoms with Crippen molar-refractivity contribution < 1.29 is 4.79 Å². The number of carbonyl (C=O) groups excluding carboxylic acids is 1. The van der Waals surface area contributed by atoms with Crippen LogP contribution in [0.15, 0.2) is 54.9 Å². The van der Waals surface area contributed by atoms with E-state index in [0.717, 1.165) is 42.8 Å². The Morgan fingerprint density at radius 1 is 1.27 bits per heavy atom. The summed E-state index contributed by atoms with van der Waals surface area (Å²) in [5, 5.41) is 8.22. The van der Waals surface area contributed by atoms with Crippen LogP contribution in [0.25, 0.3) is 5.82 Å². The van der Waals surface area contributed by atoms with Crippen molar-refractivity contribution in [3.05, 3.63) is 77.2 Å². The van der Waals surface area contributed by atoms with Gasteiger partial charge in [0.05, 0.1) is 11.9 Å². The van der Waals surface area contributed by atoms with E-state index in [4.69, 9.17) is 0 Å². The lowest BCUT2D eigenvalue weighted by Crippen LogP contribution is -2.25. The van der Waals surface area contributed by atoms with Gasteiger partial charge in [-0.15, -0.1) is 0 Å². The summed E-state index contributed by atoms with van der Waals surface area (Å²) < 4.78 is 1.96. The smallest absolute Gasteiger partial charge is 0.159 e. The number of aromatic nitrogens is 3. The van der Waals surface area contributed by atoms with Crippen LogP contribution in [0.2, 0.25) is 0 Å². The molecule has 0 radical (unpaired) electrons. The second-order valence-electron chi connectivity index (χ2n) is 6.73. The minimum Gasteiger partial charge on any atom is -0.306 e. The van der Waals surface area contributed by atoms with Crippen LogP contribution in [0.1, 0.15) is 53.0 Å². The van der Waals surface area contributed by atoms with Crippen LogP contribution in [0.5, 0.6) is 0 Å². The summed E-state index contributed by atoms with van der Waals surface area (Å²) in [6.45, 7) is 2.34. The first kappa shape index (κ1) is 16.7. The number of rotatable bonds is 5. The van der Waals surface area contributed by atoms with Crippen LogP contribution in [0.3, 0.4) is 0 Å². The van der Waals surface area contributed by atoms with E-state index >= 15 is 0 Å². The Balaban J connectivity index is 1.53. The maximum absolute atomic E-state index is 11.6. The van der Waals surface area contributed by atoms with Crippen molar-refractivity contribution >= 4 is 5.78 Å². The van der Waals surface area contributed by atoms with Crippen LogP contribution in [-0.2, 0) is 13.0 Å². The van der Waals surface area contributed by atoms with Gasteiger partial charge in [-0.3, -0.25) is 4.79 Å². The normalized spacial score (nSPS) is 16.3. The summed E-state index contributed by atoms with van der Waals surface area (Å²) in [7, 11) is 0. The van der Waals surface area contributed by atoms with Gasteiger partial charge in [0.15, 0.2) is 11.6 Å². The number of nitrogens with one attached hydrogen (secondary N) is 1. The fourth-order valence-corrected chi connectivity index (χ4v) is 3.59. The summed E-state index contributed by atoms with van der Waals surface area (Å²) >= 11 is 0. The number of hydrogen-bond acceptors (Lipinski definition) is 4. The molecule has 0 fully saturated rings. The van der Waals surface area contributed by atoms with Crippen molar-refractivity contribution in [1.29, 1.82) is 0 Å². The van der Waals surface area contributed by atoms with Crippen molar-refractivity contribution in [2.24, 2.45) is 0 Å². The highest BCUT2D eigenvalue weighted by molar-refractivity contribution is 5.94. The molecule has 2 heterocycles. The molecule has 3 aromatic rings. The second kappa shape index (κ2) is 7.22. The van der Waals surface area contributed by atoms with Gasteiger partial charge in [-0.25, -0.2) is 9.67 Å². The van der Waals surface area contributed by atoms with Gasteiger partial charge >= 0.3 is 0 Å². The summed E-state index contributed by atoms with van der Waals surface area (Å²) in [5.74, 6) is 0.965. The molecule has 1 aliphatic carbocycles. The molecule has 0 unspecified atom stereocenters. The zero-order valence-corrected chi connectivity index (χ0v) is 14.9. The molecular formula is C21H22N4O. The highest BCUT2D eigenvalue weighted by Crippen LogP contribution is 2.31. The van der Waals surface area contributed by atoms with Crippen LogP contribution >= 0.6 is 0 Å². The van der Waals surface area contributed by atoms with E-state index < -0.39 is 0 Å². The second-order valence-corrected chi connectivity index (χ2v) is 6.73. The number of hydrogen-bond donors (Lipinski definition) is 1. The molecule has 2 aromatic heterocycles. The van der Waals surface area contributed by atoms with Gasteiger partial charge in [0.1, 0.15) is 0 Å². The average Bonchev–Trinajstić information content (AvgIpc) is 3.12. The van der Waals surface area contributed by atoms with Crippen molar-refractivity contribution in [1.82, 2.24) is 20.1 Å². The SMILES string of the molecule is CC(=O)c1cccc(CN[C@H]2CCCc3c2cnn3-c2ccccn2)c1. The number of Topliss-reactive ketones (excluding diaryl/α,β-unsaturated/α-hetero) is 1. The zero-order valence-electron chi connectivity index (χ0n) is 14.9. The predicted octanol–water partition coefficient (Wildman–Crippen LogP) is 3.64. The lowest BCUT2D eigenvalue weighted by Gasteiger charge is -2.24. The van der Waals surface area contributed by atoms with Crippen molar-refractivity contribution in [3.8, 4) is 5.82 Å². The quantitative estimate of drug-likeness (QED) is 0.717. The van der Waals surface area contributed by atoms with Gasteiger partial charge in [-0.05, 0) is 49.9 Å². The molecule has 0 spiro atoms. The van der Waals surface area contributed by atoms with Crippen LogP contribution in [0, 0.1) is 0 Å². The summed E-state index contributed by atoms with van der Waals surface area (Å²) in [4.78, 5) is 16.0. The average molecular weight is 346 g/mol. The lowest BCUT2D eigenvalue weighted by molar-refractivity contribution is 0.101. The van der Waals surface area contributed by atoms with Crippen LogP contribution < -0.4 is 5.32 Å². The number of pyridine rings is 1. The highest BCUT2D eigenvalue weighted by atomic mass is 16.1. The van der Waals surface area contributed by atoms with E-state index in [-0.39, 0.29) is 11.8 Å². The summed E-state index contributed by atoms with van der Waals surface area (Å²) in [6.07, 6.45) is 6.99. The van der Waals surface area contributed by atoms with E-state index in [1.165, 1.54) is 11.3 Å². The third-order valence-corrected chi connectivity index (χ3v) is 4.94. The van der Waals surface area contributed by atoms with Crippen LogP contribution in [-0.4, -0.2) is 20.5 Å². The minimum atomic E-state index is 0.100. The molecule has 132 valence electrons. The van der Waals surface area contributed by atoms with Crippen LogP contribution in [0.4, 0.5) is 0 Å². The van der Waals surface area contributed by atoms with Gasteiger partial charge in [0.25, 0.3) is 0 Å². The Morgan fingerprint density at radius 3 is 3.00 bits per heavy atom. The minimum absolute atomic E-state index is 0.100. The number of fused-ring (bicyclic) bond motifs is 1. The van der Waals surface area contributed by atoms with E-state index in [1.54, 1.807) is 13.1 Å². The molecule has 0 amide bonds.